The van der Waals surface area contributed by atoms with Gasteiger partial charge in [-0.05, 0) is 115 Å². The molecular formula is C65H101NO6. The van der Waals surface area contributed by atoms with Gasteiger partial charge in [0.15, 0.2) is 11.5 Å². The van der Waals surface area contributed by atoms with Crippen molar-refractivity contribution in [2.75, 3.05) is 26.4 Å². The lowest BCUT2D eigenvalue weighted by atomic mass is 9.99. The molecule has 0 fully saturated rings. The summed E-state index contributed by atoms with van der Waals surface area (Å²) in [6.45, 7) is 16.9. The normalized spacial score (nSPS) is 11.7. The Balaban J connectivity index is 1.36. The third kappa shape index (κ3) is 24.6. The van der Waals surface area contributed by atoms with E-state index >= 15 is 0 Å². The van der Waals surface area contributed by atoms with Gasteiger partial charge in [0.05, 0.1) is 32.5 Å². The van der Waals surface area contributed by atoms with Crippen LogP contribution in [0.15, 0.2) is 72.8 Å². The molecule has 7 heteroatoms. The summed E-state index contributed by atoms with van der Waals surface area (Å²) >= 11 is 0. The molecule has 0 saturated heterocycles. The van der Waals surface area contributed by atoms with Crippen molar-refractivity contribution in [2.24, 2.45) is 5.73 Å². The molecule has 0 saturated carbocycles. The highest BCUT2D eigenvalue weighted by molar-refractivity contribution is 5.54. The van der Waals surface area contributed by atoms with Gasteiger partial charge < -0.3 is 34.2 Å². The summed E-state index contributed by atoms with van der Waals surface area (Å²) in [4.78, 5) is 0. The first-order valence-corrected chi connectivity index (χ1v) is 29.4. The zero-order chi connectivity index (χ0) is 51.3. The second kappa shape index (κ2) is 38.3. The predicted octanol–water partition coefficient (Wildman–Crippen LogP) is 19.0. The minimum absolute atomic E-state index is 0.287. The Labute approximate surface area is 440 Å². The topological polar surface area (TPSA) is 81.4 Å². The van der Waals surface area contributed by atoms with E-state index in [-0.39, 0.29) is 6.04 Å². The monoisotopic (exact) mass is 992 g/mol. The van der Waals surface area contributed by atoms with E-state index in [4.69, 9.17) is 34.2 Å². The summed E-state index contributed by atoms with van der Waals surface area (Å²) in [5, 5.41) is 0. The molecule has 0 radical (unpaired) electrons. The highest BCUT2D eigenvalue weighted by Gasteiger charge is 2.18. The number of nitrogens with two attached hydrogens (primary N) is 1. The standard InChI is InChI=1S/C65H101NO6/c1-7-11-15-19-23-27-31-43-67-61-48-55(47-53(5)54(61)6)51-71-59-39-35-57(36-40-59)64(66)58-37-41-60(42-38-58)72-52-56-49-62(68-44-32-28-24-20-16-12-8-2)65(70-46-34-30-26-22-18-14-10-4)63(50-56)69-45-33-29-25-21-17-13-9-3/h35-42,47-50,64H,7-34,43-46,51-52,66H2,1-6H3. The minimum Gasteiger partial charge on any atom is -0.493 e. The van der Waals surface area contributed by atoms with Crippen LogP contribution in [0.5, 0.6) is 34.5 Å². The molecule has 4 aromatic carbocycles. The fourth-order valence-electron chi connectivity index (χ4n) is 9.23. The molecule has 0 aromatic heterocycles. The van der Waals surface area contributed by atoms with Gasteiger partial charge in [-0.2, -0.15) is 0 Å². The first kappa shape index (κ1) is 60.2. The summed E-state index contributed by atoms with van der Waals surface area (Å²) in [5.74, 6) is 4.81. The van der Waals surface area contributed by atoms with Gasteiger partial charge in [0.2, 0.25) is 5.75 Å². The highest BCUT2D eigenvalue weighted by atomic mass is 16.5. The van der Waals surface area contributed by atoms with Crippen molar-refractivity contribution in [3.05, 3.63) is 106 Å². The molecule has 0 amide bonds. The molecule has 1 atom stereocenters. The van der Waals surface area contributed by atoms with Crippen LogP contribution in [0.25, 0.3) is 0 Å². The average molecular weight is 993 g/mol. The molecule has 0 aliphatic carbocycles. The molecule has 7 nitrogen and oxygen atoms in total. The summed E-state index contributed by atoms with van der Waals surface area (Å²) in [7, 11) is 0. The molecule has 0 aliphatic heterocycles. The van der Waals surface area contributed by atoms with Gasteiger partial charge in [-0.25, -0.2) is 0 Å². The van der Waals surface area contributed by atoms with Gasteiger partial charge in [0.1, 0.15) is 30.5 Å². The molecular weight excluding hydrogens is 891 g/mol. The van der Waals surface area contributed by atoms with Gasteiger partial charge >= 0.3 is 0 Å². The maximum absolute atomic E-state index is 6.84. The van der Waals surface area contributed by atoms with E-state index in [2.05, 4.69) is 90.1 Å². The summed E-state index contributed by atoms with van der Waals surface area (Å²) < 4.78 is 38.7. The van der Waals surface area contributed by atoms with E-state index in [1.54, 1.807) is 0 Å². The smallest absolute Gasteiger partial charge is 0.203 e. The largest absolute Gasteiger partial charge is 0.493 e. The number of ether oxygens (including phenoxy) is 6. The van der Waals surface area contributed by atoms with E-state index in [0.29, 0.717) is 33.0 Å². The molecule has 0 bridgehead atoms. The lowest BCUT2D eigenvalue weighted by Gasteiger charge is -2.19. The van der Waals surface area contributed by atoms with E-state index < -0.39 is 0 Å². The number of rotatable bonds is 44. The van der Waals surface area contributed by atoms with Crippen LogP contribution in [-0.4, -0.2) is 26.4 Å². The van der Waals surface area contributed by atoms with Crippen molar-refractivity contribution in [3.63, 3.8) is 0 Å². The number of unbranched alkanes of at least 4 members (excludes halogenated alkanes) is 24. The van der Waals surface area contributed by atoms with Crippen LogP contribution in [-0.2, 0) is 13.2 Å². The van der Waals surface area contributed by atoms with Gasteiger partial charge in [0.25, 0.3) is 0 Å². The van der Waals surface area contributed by atoms with Crippen LogP contribution < -0.4 is 34.2 Å². The molecule has 4 aromatic rings. The number of benzene rings is 4. The number of hydrogen-bond donors (Lipinski definition) is 1. The second-order valence-corrected chi connectivity index (χ2v) is 20.5. The lowest BCUT2D eigenvalue weighted by Crippen LogP contribution is -2.11. The number of aryl methyl sites for hydroxylation is 1. The summed E-state index contributed by atoms with van der Waals surface area (Å²) in [6, 6.07) is 24.5. The third-order valence-corrected chi connectivity index (χ3v) is 14.1. The zero-order valence-electron chi connectivity index (χ0n) is 46.6. The van der Waals surface area contributed by atoms with Crippen molar-refractivity contribution >= 4 is 0 Å². The Morgan fingerprint density at radius 1 is 0.347 bits per heavy atom. The Morgan fingerprint density at radius 2 is 0.653 bits per heavy atom. The van der Waals surface area contributed by atoms with Crippen molar-refractivity contribution in [1.82, 2.24) is 0 Å². The van der Waals surface area contributed by atoms with Crippen molar-refractivity contribution < 1.29 is 28.4 Å². The van der Waals surface area contributed by atoms with Gasteiger partial charge in [-0.3, -0.25) is 0 Å². The SMILES string of the molecule is CCCCCCCCCOc1cc(COc2ccc(C(N)c3ccc(OCc4cc(OCCCCCCCCC)c(OCCCCCCCCC)c(OCCCCCCCCC)c4)cc3)cc2)cc(C)c1C. The Kier molecular flexibility index (Phi) is 32.0. The second-order valence-electron chi connectivity index (χ2n) is 20.5. The van der Waals surface area contributed by atoms with Crippen molar-refractivity contribution in [3.8, 4) is 34.5 Å². The van der Waals surface area contributed by atoms with Crippen LogP contribution in [0.2, 0.25) is 0 Å². The molecule has 0 spiro atoms. The summed E-state index contributed by atoms with van der Waals surface area (Å²) in [5.41, 5.74) is 13.4. The zero-order valence-corrected chi connectivity index (χ0v) is 46.6. The van der Waals surface area contributed by atoms with E-state index in [1.807, 2.05) is 24.3 Å². The Hall–Kier alpha value is -4.36. The van der Waals surface area contributed by atoms with Crippen molar-refractivity contribution in [1.29, 1.82) is 0 Å². The Bertz CT molecular complexity index is 1920. The van der Waals surface area contributed by atoms with Crippen molar-refractivity contribution in [2.45, 2.75) is 241 Å². The van der Waals surface area contributed by atoms with Crippen LogP contribution >= 0.6 is 0 Å². The van der Waals surface area contributed by atoms with Crippen LogP contribution in [0.3, 0.4) is 0 Å². The maximum Gasteiger partial charge on any atom is 0.203 e. The Morgan fingerprint density at radius 3 is 1.03 bits per heavy atom. The van der Waals surface area contributed by atoms with Gasteiger partial charge in [-0.15, -0.1) is 0 Å². The highest BCUT2D eigenvalue weighted by Crippen LogP contribution is 2.40. The summed E-state index contributed by atoms with van der Waals surface area (Å²) in [6.07, 6.45) is 34.9. The predicted molar refractivity (Wildman–Crippen MR) is 304 cm³/mol. The average Bonchev–Trinajstić information content (AvgIpc) is 3.40. The molecule has 402 valence electrons. The minimum atomic E-state index is -0.287. The van der Waals surface area contributed by atoms with E-state index in [1.165, 1.54) is 165 Å². The third-order valence-electron chi connectivity index (χ3n) is 14.1. The lowest BCUT2D eigenvalue weighted by molar-refractivity contribution is 0.232. The van der Waals surface area contributed by atoms with Crippen LogP contribution in [0, 0.1) is 13.8 Å². The molecule has 72 heavy (non-hydrogen) atoms. The van der Waals surface area contributed by atoms with E-state index in [0.717, 1.165) is 89.0 Å². The molecule has 4 rings (SSSR count). The molecule has 1 unspecified atom stereocenters. The quantitative estimate of drug-likeness (QED) is 0.0442. The molecule has 2 N–H and O–H groups in total. The first-order chi connectivity index (χ1) is 35.4. The fraction of sp³-hybridized carbons (Fsp3) is 0.631. The molecule has 0 aliphatic rings. The fourth-order valence-corrected chi connectivity index (χ4v) is 9.23. The molecule has 0 heterocycles. The number of hydrogen-bond acceptors (Lipinski definition) is 7. The maximum atomic E-state index is 6.84. The van der Waals surface area contributed by atoms with Crippen LogP contribution in [0.4, 0.5) is 0 Å². The van der Waals surface area contributed by atoms with Gasteiger partial charge in [0, 0.05) is 0 Å². The van der Waals surface area contributed by atoms with E-state index in [9.17, 15) is 0 Å². The van der Waals surface area contributed by atoms with Crippen LogP contribution in [0.1, 0.15) is 247 Å². The first-order valence-electron chi connectivity index (χ1n) is 29.4. The van der Waals surface area contributed by atoms with Gasteiger partial charge in [-0.1, -0.05) is 212 Å².